The maximum atomic E-state index is 2.41. The van der Waals surface area contributed by atoms with Crippen LogP contribution in [0.1, 0.15) is 44.5 Å². The summed E-state index contributed by atoms with van der Waals surface area (Å²) in [6.07, 6.45) is 0. The average molecular weight is 1370 g/mol. The molecule has 0 N–H and O–H groups in total. The van der Waals surface area contributed by atoms with Crippen molar-refractivity contribution < 1.29 is 0 Å². The zero-order valence-corrected chi connectivity index (χ0v) is 59.5. The van der Waals surface area contributed by atoms with Crippen LogP contribution in [-0.2, 0) is 10.8 Å². The van der Waals surface area contributed by atoms with E-state index in [4.69, 9.17) is 0 Å². The fourth-order valence-electron chi connectivity index (χ4n) is 18.0. The Morgan fingerprint density at radius 3 is 0.954 bits per heavy atom. The van der Waals surface area contributed by atoms with Crippen LogP contribution in [0.3, 0.4) is 0 Å². The van der Waals surface area contributed by atoms with Gasteiger partial charge in [0.25, 0.3) is 0 Å². The zero-order chi connectivity index (χ0) is 71.5. The highest BCUT2D eigenvalue weighted by atomic mass is 15.1. The lowest BCUT2D eigenvalue weighted by Gasteiger charge is -2.34. The molecule has 18 aromatic carbocycles. The van der Waals surface area contributed by atoms with Gasteiger partial charge < -0.3 is 9.80 Å². The van der Waals surface area contributed by atoms with E-state index in [0.29, 0.717) is 0 Å². The average Bonchev–Trinajstić information content (AvgIpc) is 1.54. The van der Waals surface area contributed by atoms with Gasteiger partial charge in [0.15, 0.2) is 0 Å². The summed E-state index contributed by atoms with van der Waals surface area (Å²) in [5, 5.41) is 4.74. The molecular formula is C106H72N2. The van der Waals surface area contributed by atoms with Crippen LogP contribution in [0.15, 0.2) is 437 Å². The molecule has 0 bridgehead atoms. The number of hydrogen-bond acceptors (Lipinski definition) is 2. The summed E-state index contributed by atoms with van der Waals surface area (Å²) < 4.78 is 0. The molecule has 2 heteroatoms. The third-order valence-electron chi connectivity index (χ3n) is 22.8. The first-order valence-corrected chi connectivity index (χ1v) is 37.4. The minimum atomic E-state index is -0.630. The van der Waals surface area contributed by atoms with Crippen LogP contribution in [0.2, 0.25) is 0 Å². The molecule has 0 amide bonds. The molecule has 0 aromatic heterocycles. The first-order chi connectivity index (χ1) is 53.6. The monoisotopic (exact) mass is 1370 g/mol. The molecule has 0 saturated heterocycles. The second-order valence-electron chi connectivity index (χ2n) is 28.6. The Bertz CT molecular complexity index is 6320. The Kier molecular flexibility index (Phi) is 15.7. The Morgan fingerprint density at radius 2 is 0.472 bits per heavy atom. The Balaban J connectivity index is 0.670. The molecule has 18 aromatic rings. The van der Waals surface area contributed by atoms with E-state index in [1.807, 2.05) is 0 Å². The molecular weight excluding hydrogens is 1300 g/mol. The molecule has 0 heterocycles. The standard InChI is InChI=1S/C106H72N2/c1-8-28-73(29-9-1)78-50-51-80-70-91(65-58-79(80)68-78)107(87-38-18-6-19-39-87)89-61-54-76(55-62-89)95-45-27-49-102-104(95)97-43-23-25-47-100(97)106(102,85-36-16-5-17-37-85)86-59-52-77(53-60-86)98-72-81(74-30-10-2-11-31-74)69-82-71-92(66-67-93(82)98)108(88-40-20-7-21-41-88)90-63-56-75(57-64-90)94-44-26-48-101-103(94)96-42-22-24-46-99(96)105(101,83-32-12-3-13-33-83)84-34-14-4-15-35-84/h1-72H. The lowest BCUT2D eigenvalue weighted by Crippen LogP contribution is -2.28. The van der Waals surface area contributed by atoms with Crippen molar-refractivity contribution in [3.63, 3.8) is 0 Å². The summed E-state index contributed by atoms with van der Waals surface area (Å²) in [7, 11) is 0. The molecule has 0 radical (unpaired) electrons. The van der Waals surface area contributed by atoms with Gasteiger partial charge >= 0.3 is 0 Å². The smallest absolute Gasteiger partial charge is 0.0713 e. The fourth-order valence-corrected chi connectivity index (χ4v) is 18.0. The van der Waals surface area contributed by atoms with Gasteiger partial charge in [-0.3, -0.25) is 0 Å². The van der Waals surface area contributed by atoms with Crippen molar-refractivity contribution in [3.05, 3.63) is 481 Å². The minimum absolute atomic E-state index is 0.485. The van der Waals surface area contributed by atoms with E-state index in [1.54, 1.807) is 0 Å². The summed E-state index contributed by atoms with van der Waals surface area (Å²) >= 11 is 0. The van der Waals surface area contributed by atoms with E-state index < -0.39 is 10.8 Å². The maximum Gasteiger partial charge on any atom is 0.0713 e. The lowest BCUT2D eigenvalue weighted by atomic mass is 9.67. The lowest BCUT2D eigenvalue weighted by molar-refractivity contribution is 0.768. The second-order valence-corrected chi connectivity index (χ2v) is 28.6. The van der Waals surface area contributed by atoms with Gasteiger partial charge in [-0.1, -0.05) is 346 Å². The molecule has 1 unspecified atom stereocenters. The van der Waals surface area contributed by atoms with Crippen LogP contribution in [-0.4, -0.2) is 0 Å². The van der Waals surface area contributed by atoms with Gasteiger partial charge in [-0.2, -0.15) is 0 Å². The topological polar surface area (TPSA) is 6.48 Å². The summed E-state index contributed by atoms with van der Waals surface area (Å²) in [6.45, 7) is 0. The Morgan fingerprint density at radius 1 is 0.157 bits per heavy atom. The van der Waals surface area contributed by atoms with E-state index in [2.05, 4.69) is 447 Å². The normalized spacial score (nSPS) is 13.7. The van der Waals surface area contributed by atoms with Crippen LogP contribution in [0.5, 0.6) is 0 Å². The van der Waals surface area contributed by atoms with Gasteiger partial charge in [-0.25, -0.2) is 0 Å². The number of fused-ring (bicyclic) bond motifs is 8. The van der Waals surface area contributed by atoms with Crippen LogP contribution in [0.4, 0.5) is 34.1 Å². The van der Waals surface area contributed by atoms with Crippen LogP contribution >= 0.6 is 0 Å². The molecule has 20 rings (SSSR count). The highest BCUT2D eigenvalue weighted by Crippen LogP contribution is 2.61. The number of benzene rings is 18. The molecule has 0 spiro atoms. The third-order valence-corrected chi connectivity index (χ3v) is 22.8. The molecule has 2 aliphatic rings. The molecule has 108 heavy (non-hydrogen) atoms. The summed E-state index contributed by atoms with van der Waals surface area (Å²) in [6, 6.07) is 162. The van der Waals surface area contributed by atoms with Gasteiger partial charge in [0.2, 0.25) is 0 Å². The van der Waals surface area contributed by atoms with Crippen LogP contribution in [0, 0.1) is 0 Å². The van der Waals surface area contributed by atoms with E-state index in [-0.39, 0.29) is 0 Å². The summed E-state index contributed by atoms with van der Waals surface area (Å²) in [5.41, 5.74) is 32.4. The Hall–Kier alpha value is -13.9. The van der Waals surface area contributed by atoms with Crippen LogP contribution < -0.4 is 9.80 Å². The highest BCUT2D eigenvalue weighted by Gasteiger charge is 2.48. The third kappa shape index (κ3) is 10.5. The quantitative estimate of drug-likeness (QED) is 0.101. The van der Waals surface area contributed by atoms with E-state index >= 15 is 0 Å². The van der Waals surface area contributed by atoms with Crippen molar-refractivity contribution in [2.75, 3.05) is 9.80 Å². The molecule has 0 aliphatic heterocycles. The van der Waals surface area contributed by atoms with Crippen molar-refractivity contribution in [2.45, 2.75) is 10.8 Å². The maximum absolute atomic E-state index is 2.41. The molecule has 2 nitrogen and oxygen atoms in total. The summed E-state index contributed by atoms with van der Waals surface area (Å²) in [5.74, 6) is 0. The molecule has 0 saturated carbocycles. The molecule has 1 atom stereocenters. The fraction of sp³-hybridized carbons (Fsp3) is 0.0189. The highest BCUT2D eigenvalue weighted by molar-refractivity contribution is 6.04. The number of para-hydroxylation sites is 2. The van der Waals surface area contributed by atoms with Crippen molar-refractivity contribution in [1.82, 2.24) is 0 Å². The van der Waals surface area contributed by atoms with Crippen molar-refractivity contribution in [2.24, 2.45) is 0 Å². The number of anilines is 6. The first kappa shape index (κ1) is 63.7. The largest absolute Gasteiger partial charge is 0.310 e. The SMILES string of the molecule is c1ccc(-c2ccc3cc(N(c4ccccc4)c4ccc(-c5cccc6c5-c5ccccc5C6(c5ccccc5)c5ccc(-c6cc(-c7ccccc7)cc7cc(N(c8ccccc8)c8ccc(-c9cccc%10c9-c9ccccc9C%10(c9ccccc9)c9ccccc9)cc8)ccc67)cc5)cc4)ccc3c2)cc1. The van der Waals surface area contributed by atoms with Gasteiger partial charge in [0, 0.05) is 34.1 Å². The predicted molar refractivity (Wildman–Crippen MR) is 453 cm³/mol. The van der Waals surface area contributed by atoms with Gasteiger partial charge in [-0.05, 0) is 235 Å². The minimum Gasteiger partial charge on any atom is -0.310 e. The van der Waals surface area contributed by atoms with Crippen molar-refractivity contribution in [1.29, 1.82) is 0 Å². The molecule has 2 aliphatic carbocycles. The van der Waals surface area contributed by atoms with Crippen LogP contribution in [0.25, 0.3) is 99.4 Å². The van der Waals surface area contributed by atoms with Crippen molar-refractivity contribution >= 4 is 55.7 Å². The van der Waals surface area contributed by atoms with E-state index in [0.717, 1.165) is 56.2 Å². The van der Waals surface area contributed by atoms with Gasteiger partial charge in [0.05, 0.1) is 10.8 Å². The predicted octanol–water partition coefficient (Wildman–Crippen LogP) is 28.0. The summed E-state index contributed by atoms with van der Waals surface area (Å²) in [4.78, 5) is 4.78. The zero-order valence-electron chi connectivity index (χ0n) is 59.5. The van der Waals surface area contributed by atoms with E-state index in [1.165, 1.54) is 122 Å². The number of rotatable bonds is 15. The van der Waals surface area contributed by atoms with Crippen molar-refractivity contribution in [3.8, 4) is 77.9 Å². The Labute approximate surface area is 631 Å². The molecule has 506 valence electrons. The number of hydrogen-bond donors (Lipinski definition) is 0. The number of nitrogens with zero attached hydrogens (tertiary/aromatic N) is 2. The second kappa shape index (κ2) is 26.7. The van der Waals surface area contributed by atoms with Gasteiger partial charge in [-0.15, -0.1) is 0 Å². The van der Waals surface area contributed by atoms with Gasteiger partial charge in [0.1, 0.15) is 0 Å². The molecule has 0 fully saturated rings. The van der Waals surface area contributed by atoms with E-state index in [9.17, 15) is 0 Å². The first-order valence-electron chi connectivity index (χ1n) is 37.4.